The molecule has 19 heavy (non-hydrogen) atoms. The summed E-state index contributed by atoms with van der Waals surface area (Å²) in [5.74, 6) is 1.82. The SMILES string of the molecule is CC1CCC(CCNC(=O)Cn2cnc(N)n2)CC1. The highest BCUT2D eigenvalue weighted by atomic mass is 16.2. The zero-order valence-corrected chi connectivity index (χ0v) is 11.5. The summed E-state index contributed by atoms with van der Waals surface area (Å²) in [6, 6.07) is 0. The molecular formula is C13H23N5O. The van der Waals surface area contributed by atoms with E-state index in [4.69, 9.17) is 5.73 Å². The number of nitrogens with two attached hydrogens (primary N) is 1. The van der Waals surface area contributed by atoms with Crippen molar-refractivity contribution >= 4 is 11.9 Å². The lowest BCUT2D eigenvalue weighted by atomic mass is 9.81. The van der Waals surface area contributed by atoms with Crippen LogP contribution >= 0.6 is 0 Å². The zero-order chi connectivity index (χ0) is 13.7. The topological polar surface area (TPSA) is 85.8 Å². The third-order valence-corrected chi connectivity index (χ3v) is 3.87. The molecule has 0 bridgehead atoms. The molecule has 1 saturated carbocycles. The Morgan fingerprint density at radius 1 is 1.47 bits per heavy atom. The van der Waals surface area contributed by atoms with Gasteiger partial charge < -0.3 is 11.1 Å². The lowest BCUT2D eigenvalue weighted by Crippen LogP contribution is -2.30. The molecule has 1 heterocycles. The van der Waals surface area contributed by atoms with Crippen molar-refractivity contribution in [2.45, 2.75) is 45.6 Å². The summed E-state index contributed by atoms with van der Waals surface area (Å²) < 4.78 is 1.45. The summed E-state index contributed by atoms with van der Waals surface area (Å²) >= 11 is 0. The maximum Gasteiger partial charge on any atom is 0.241 e. The number of anilines is 1. The molecule has 6 nitrogen and oxygen atoms in total. The Morgan fingerprint density at radius 2 is 2.21 bits per heavy atom. The molecule has 1 aromatic heterocycles. The summed E-state index contributed by atoms with van der Waals surface area (Å²) in [4.78, 5) is 15.5. The van der Waals surface area contributed by atoms with Crippen LogP contribution in [0, 0.1) is 11.8 Å². The Labute approximate surface area is 113 Å². The molecular weight excluding hydrogens is 242 g/mol. The number of nitrogens with one attached hydrogen (secondary N) is 1. The Morgan fingerprint density at radius 3 is 2.84 bits per heavy atom. The fourth-order valence-corrected chi connectivity index (χ4v) is 2.62. The lowest BCUT2D eigenvalue weighted by Gasteiger charge is -2.26. The summed E-state index contributed by atoms with van der Waals surface area (Å²) in [6.45, 7) is 3.26. The fraction of sp³-hybridized carbons (Fsp3) is 0.769. The van der Waals surface area contributed by atoms with E-state index in [0.29, 0.717) is 0 Å². The van der Waals surface area contributed by atoms with Gasteiger partial charge in [0.25, 0.3) is 0 Å². The van der Waals surface area contributed by atoms with E-state index in [2.05, 4.69) is 22.3 Å². The largest absolute Gasteiger partial charge is 0.367 e. The average Bonchev–Trinajstić information content (AvgIpc) is 2.77. The highest BCUT2D eigenvalue weighted by Gasteiger charge is 2.17. The number of carbonyl (C=O) groups excluding carboxylic acids is 1. The fourth-order valence-electron chi connectivity index (χ4n) is 2.62. The van der Waals surface area contributed by atoms with Crippen LogP contribution in [0.1, 0.15) is 39.0 Å². The van der Waals surface area contributed by atoms with Gasteiger partial charge in [0.1, 0.15) is 12.9 Å². The summed E-state index contributed by atoms with van der Waals surface area (Å²) in [5.41, 5.74) is 5.39. The molecule has 0 aliphatic heterocycles. The standard InChI is InChI=1S/C13H23N5O/c1-10-2-4-11(5-3-10)6-7-15-12(19)8-18-9-16-13(14)17-18/h9-11H,2-8H2,1H3,(H2,14,17)(H,15,19). The molecule has 3 N–H and O–H groups in total. The number of hydrogen-bond donors (Lipinski definition) is 2. The van der Waals surface area contributed by atoms with Crippen LogP contribution in [0.15, 0.2) is 6.33 Å². The molecule has 0 unspecified atom stereocenters. The van der Waals surface area contributed by atoms with E-state index >= 15 is 0 Å². The molecule has 1 aliphatic rings. The molecule has 106 valence electrons. The highest BCUT2D eigenvalue weighted by Crippen LogP contribution is 2.29. The van der Waals surface area contributed by atoms with Crippen LogP contribution in [-0.4, -0.2) is 27.2 Å². The number of amides is 1. The molecule has 1 aromatic rings. The van der Waals surface area contributed by atoms with Crippen molar-refractivity contribution in [3.05, 3.63) is 6.33 Å². The van der Waals surface area contributed by atoms with Gasteiger partial charge in [0.15, 0.2) is 0 Å². The van der Waals surface area contributed by atoms with Crippen molar-refractivity contribution in [2.75, 3.05) is 12.3 Å². The van der Waals surface area contributed by atoms with Crippen molar-refractivity contribution in [1.82, 2.24) is 20.1 Å². The first kappa shape index (κ1) is 13.8. The van der Waals surface area contributed by atoms with Crippen LogP contribution in [0.3, 0.4) is 0 Å². The minimum Gasteiger partial charge on any atom is -0.367 e. The van der Waals surface area contributed by atoms with Gasteiger partial charge in [-0.1, -0.05) is 32.6 Å². The van der Waals surface area contributed by atoms with Gasteiger partial charge >= 0.3 is 0 Å². The summed E-state index contributed by atoms with van der Waals surface area (Å²) in [5, 5.41) is 6.81. The number of hydrogen-bond acceptors (Lipinski definition) is 4. The molecule has 1 fully saturated rings. The molecule has 1 aliphatic carbocycles. The molecule has 1 amide bonds. The van der Waals surface area contributed by atoms with Crippen molar-refractivity contribution in [1.29, 1.82) is 0 Å². The van der Waals surface area contributed by atoms with Gasteiger partial charge in [0.05, 0.1) is 0 Å². The van der Waals surface area contributed by atoms with E-state index in [0.717, 1.165) is 24.8 Å². The molecule has 0 radical (unpaired) electrons. The minimum atomic E-state index is -0.0333. The normalized spacial score (nSPS) is 23.2. The van der Waals surface area contributed by atoms with Crippen molar-refractivity contribution < 1.29 is 4.79 Å². The van der Waals surface area contributed by atoms with E-state index in [1.165, 1.54) is 36.7 Å². The third kappa shape index (κ3) is 4.54. The van der Waals surface area contributed by atoms with Crippen molar-refractivity contribution in [3.63, 3.8) is 0 Å². The van der Waals surface area contributed by atoms with Gasteiger partial charge in [-0.25, -0.2) is 9.67 Å². The minimum absolute atomic E-state index is 0.0333. The summed E-state index contributed by atoms with van der Waals surface area (Å²) in [6.07, 6.45) is 7.82. The Hall–Kier alpha value is -1.59. The number of aromatic nitrogens is 3. The van der Waals surface area contributed by atoms with Gasteiger partial charge in [0, 0.05) is 6.54 Å². The van der Waals surface area contributed by atoms with Gasteiger partial charge in [-0.05, 0) is 18.3 Å². The Kier molecular flexibility index (Phi) is 4.76. The van der Waals surface area contributed by atoms with Gasteiger partial charge in [-0.15, -0.1) is 5.10 Å². The maximum atomic E-state index is 11.7. The quantitative estimate of drug-likeness (QED) is 0.837. The zero-order valence-electron chi connectivity index (χ0n) is 11.5. The van der Waals surface area contributed by atoms with E-state index in [-0.39, 0.29) is 18.4 Å². The van der Waals surface area contributed by atoms with Gasteiger partial charge in [-0.2, -0.15) is 0 Å². The molecule has 0 atom stereocenters. The van der Waals surface area contributed by atoms with Crippen LogP contribution in [0.25, 0.3) is 0 Å². The number of carbonyl (C=O) groups is 1. The van der Waals surface area contributed by atoms with Crippen LogP contribution in [0.4, 0.5) is 5.95 Å². The monoisotopic (exact) mass is 265 g/mol. The van der Waals surface area contributed by atoms with Crippen LogP contribution in [-0.2, 0) is 11.3 Å². The predicted molar refractivity (Wildman–Crippen MR) is 73.2 cm³/mol. The van der Waals surface area contributed by atoms with Gasteiger partial charge in [-0.3, -0.25) is 4.79 Å². The Bertz CT molecular complexity index is 409. The second-order valence-electron chi connectivity index (χ2n) is 5.56. The summed E-state index contributed by atoms with van der Waals surface area (Å²) in [7, 11) is 0. The van der Waals surface area contributed by atoms with Crippen LogP contribution < -0.4 is 11.1 Å². The average molecular weight is 265 g/mol. The first-order chi connectivity index (χ1) is 9.13. The first-order valence-electron chi connectivity index (χ1n) is 7.05. The maximum absolute atomic E-state index is 11.7. The number of nitrogens with zero attached hydrogens (tertiary/aromatic N) is 3. The number of nitrogen functional groups attached to an aromatic ring is 1. The molecule has 6 heteroatoms. The van der Waals surface area contributed by atoms with Gasteiger partial charge in [0.2, 0.25) is 11.9 Å². The molecule has 0 spiro atoms. The van der Waals surface area contributed by atoms with E-state index in [1.807, 2.05) is 0 Å². The smallest absolute Gasteiger partial charge is 0.241 e. The van der Waals surface area contributed by atoms with Crippen molar-refractivity contribution in [2.24, 2.45) is 11.8 Å². The molecule has 0 aromatic carbocycles. The second kappa shape index (κ2) is 6.54. The van der Waals surface area contributed by atoms with Crippen molar-refractivity contribution in [3.8, 4) is 0 Å². The van der Waals surface area contributed by atoms with E-state index < -0.39 is 0 Å². The van der Waals surface area contributed by atoms with E-state index in [9.17, 15) is 4.79 Å². The lowest BCUT2D eigenvalue weighted by molar-refractivity contribution is -0.121. The van der Waals surface area contributed by atoms with Crippen LogP contribution in [0.5, 0.6) is 0 Å². The second-order valence-corrected chi connectivity index (χ2v) is 5.56. The van der Waals surface area contributed by atoms with E-state index in [1.54, 1.807) is 0 Å². The molecule has 2 rings (SSSR count). The highest BCUT2D eigenvalue weighted by molar-refractivity contribution is 5.75. The Balaban J connectivity index is 1.61. The van der Waals surface area contributed by atoms with Crippen LogP contribution in [0.2, 0.25) is 0 Å². The predicted octanol–water partition coefficient (Wildman–Crippen LogP) is 1.19. The third-order valence-electron chi connectivity index (χ3n) is 3.87. The number of rotatable bonds is 5. The first-order valence-corrected chi connectivity index (χ1v) is 7.05. The molecule has 0 saturated heterocycles.